The van der Waals surface area contributed by atoms with Crippen molar-refractivity contribution in [2.45, 2.75) is 6.04 Å². The molecule has 1 amide bonds. The zero-order valence-electron chi connectivity index (χ0n) is 15.6. The number of nitrogens with zero attached hydrogens (tertiary/aromatic N) is 2. The van der Waals surface area contributed by atoms with Crippen molar-refractivity contribution in [1.82, 2.24) is 4.98 Å². The minimum atomic E-state index is -0.588. The molecule has 1 aliphatic heterocycles. The number of rotatable bonds is 2. The number of hydrogen-bond acceptors (Lipinski definition) is 5. The fraction of sp³-hybridized carbons (Fsp3) is 0.0417. The Bertz CT molecular complexity index is 1470. The van der Waals surface area contributed by atoms with Crippen LogP contribution >= 0.6 is 11.3 Å². The van der Waals surface area contributed by atoms with Crippen molar-refractivity contribution < 1.29 is 9.21 Å². The quantitative estimate of drug-likeness (QED) is 0.404. The Morgan fingerprint density at radius 2 is 1.60 bits per heavy atom. The molecular formula is C24H14N2O3S. The maximum absolute atomic E-state index is 13.5. The predicted molar refractivity (Wildman–Crippen MR) is 117 cm³/mol. The van der Waals surface area contributed by atoms with Gasteiger partial charge < -0.3 is 4.42 Å². The summed E-state index contributed by atoms with van der Waals surface area (Å²) in [5.74, 6) is -0.257. The van der Waals surface area contributed by atoms with Crippen LogP contribution in [0.15, 0.2) is 88.1 Å². The van der Waals surface area contributed by atoms with E-state index in [1.807, 2.05) is 54.6 Å². The molecule has 3 aromatic carbocycles. The summed E-state index contributed by atoms with van der Waals surface area (Å²) >= 11 is 1.43. The van der Waals surface area contributed by atoms with Gasteiger partial charge in [-0.1, -0.05) is 65.9 Å². The Kier molecular flexibility index (Phi) is 3.63. The Balaban J connectivity index is 1.66. The first-order valence-electron chi connectivity index (χ1n) is 9.52. The van der Waals surface area contributed by atoms with Crippen LogP contribution in [0.3, 0.4) is 0 Å². The molecule has 6 rings (SSSR count). The fourth-order valence-corrected chi connectivity index (χ4v) is 5.02. The van der Waals surface area contributed by atoms with E-state index >= 15 is 0 Å². The summed E-state index contributed by atoms with van der Waals surface area (Å²) in [4.78, 5) is 33.2. The van der Waals surface area contributed by atoms with Gasteiger partial charge in [0.05, 0.1) is 27.2 Å². The predicted octanol–water partition coefficient (Wildman–Crippen LogP) is 5.15. The minimum Gasteiger partial charge on any atom is -0.450 e. The summed E-state index contributed by atoms with van der Waals surface area (Å²) in [5, 5.41) is 1.01. The molecular weight excluding hydrogens is 396 g/mol. The van der Waals surface area contributed by atoms with E-state index in [2.05, 4.69) is 4.98 Å². The highest BCUT2D eigenvalue weighted by Crippen LogP contribution is 2.43. The zero-order chi connectivity index (χ0) is 20.2. The lowest BCUT2D eigenvalue weighted by atomic mass is 9.99. The second-order valence-corrected chi connectivity index (χ2v) is 8.13. The van der Waals surface area contributed by atoms with Gasteiger partial charge in [0.15, 0.2) is 10.6 Å². The van der Waals surface area contributed by atoms with Crippen LogP contribution in [0.2, 0.25) is 0 Å². The lowest BCUT2D eigenvalue weighted by Crippen LogP contribution is -2.29. The van der Waals surface area contributed by atoms with Gasteiger partial charge in [0.25, 0.3) is 5.91 Å². The van der Waals surface area contributed by atoms with Crippen molar-refractivity contribution in [1.29, 1.82) is 0 Å². The SMILES string of the molecule is O=C1c2oc3ccccc3c(=O)c2[C@@H](c2ccccc2)N1c1nc2ccccc2s1. The normalized spacial score (nSPS) is 15.8. The lowest BCUT2D eigenvalue weighted by Gasteiger charge is -2.22. The highest BCUT2D eigenvalue weighted by Gasteiger charge is 2.44. The number of fused-ring (bicyclic) bond motifs is 3. The maximum Gasteiger partial charge on any atom is 0.297 e. The molecule has 144 valence electrons. The van der Waals surface area contributed by atoms with Crippen molar-refractivity contribution in [3.8, 4) is 0 Å². The minimum absolute atomic E-state index is 0.0896. The molecule has 0 fully saturated rings. The van der Waals surface area contributed by atoms with Gasteiger partial charge in [-0.05, 0) is 29.8 Å². The van der Waals surface area contributed by atoms with E-state index in [4.69, 9.17) is 4.42 Å². The third-order valence-electron chi connectivity index (χ3n) is 5.38. The lowest BCUT2D eigenvalue weighted by molar-refractivity contribution is 0.0971. The molecule has 0 N–H and O–H groups in total. The maximum atomic E-state index is 13.5. The van der Waals surface area contributed by atoms with Crippen molar-refractivity contribution in [3.05, 3.63) is 106 Å². The molecule has 0 radical (unpaired) electrons. The number of aromatic nitrogens is 1. The summed E-state index contributed by atoms with van der Waals surface area (Å²) in [6.45, 7) is 0. The second-order valence-electron chi connectivity index (χ2n) is 7.12. The Labute approximate surface area is 174 Å². The van der Waals surface area contributed by atoms with Gasteiger partial charge in [-0.25, -0.2) is 4.98 Å². The Morgan fingerprint density at radius 1 is 0.867 bits per heavy atom. The number of carbonyl (C=O) groups is 1. The van der Waals surface area contributed by atoms with Gasteiger partial charge in [0.1, 0.15) is 5.58 Å². The zero-order valence-corrected chi connectivity index (χ0v) is 16.4. The molecule has 0 aliphatic carbocycles. The van der Waals surface area contributed by atoms with Crippen LogP contribution < -0.4 is 10.3 Å². The van der Waals surface area contributed by atoms with Crippen LogP contribution in [0, 0.1) is 0 Å². The van der Waals surface area contributed by atoms with Crippen LogP contribution in [0.4, 0.5) is 5.13 Å². The van der Waals surface area contributed by atoms with Gasteiger partial charge >= 0.3 is 0 Å². The number of para-hydroxylation sites is 2. The molecule has 30 heavy (non-hydrogen) atoms. The van der Waals surface area contributed by atoms with Gasteiger partial charge in [-0.2, -0.15) is 0 Å². The van der Waals surface area contributed by atoms with Gasteiger partial charge in [-0.15, -0.1) is 0 Å². The average molecular weight is 410 g/mol. The van der Waals surface area contributed by atoms with E-state index in [1.165, 1.54) is 11.3 Å². The van der Waals surface area contributed by atoms with E-state index in [1.54, 1.807) is 29.2 Å². The monoisotopic (exact) mass is 410 g/mol. The van der Waals surface area contributed by atoms with Gasteiger partial charge in [0, 0.05) is 0 Å². The van der Waals surface area contributed by atoms with E-state index in [0.717, 1.165) is 15.8 Å². The first-order valence-corrected chi connectivity index (χ1v) is 10.3. The number of anilines is 1. The number of amides is 1. The molecule has 1 aliphatic rings. The Morgan fingerprint density at radius 3 is 2.43 bits per heavy atom. The van der Waals surface area contributed by atoms with Gasteiger partial charge in [-0.3, -0.25) is 14.5 Å². The van der Waals surface area contributed by atoms with E-state index in [9.17, 15) is 9.59 Å². The van der Waals surface area contributed by atoms with E-state index in [-0.39, 0.29) is 17.1 Å². The van der Waals surface area contributed by atoms with Crippen molar-refractivity contribution >= 4 is 43.6 Å². The molecule has 6 heteroatoms. The first-order chi connectivity index (χ1) is 14.7. The fourth-order valence-electron chi connectivity index (χ4n) is 4.03. The van der Waals surface area contributed by atoms with Crippen LogP contribution in [0.5, 0.6) is 0 Å². The highest BCUT2D eigenvalue weighted by molar-refractivity contribution is 7.22. The average Bonchev–Trinajstić information content (AvgIpc) is 3.33. The molecule has 0 unspecified atom stereocenters. The molecule has 0 saturated carbocycles. The summed E-state index contributed by atoms with van der Waals surface area (Å²) < 4.78 is 6.94. The van der Waals surface area contributed by atoms with Crippen LogP contribution in [-0.4, -0.2) is 10.9 Å². The molecule has 5 aromatic rings. The summed E-state index contributed by atoms with van der Waals surface area (Å²) in [6.07, 6.45) is 0. The standard InChI is InChI=1S/C24H14N2O3S/c27-21-15-10-4-6-12-17(15)29-22-19(21)20(14-8-2-1-3-9-14)26(23(22)28)24-25-16-11-5-7-13-18(16)30-24/h1-13,20H/t20-/m1/s1. The van der Waals surface area contributed by atoms with Crippen LogP contribution in [-0.2, 0) is 0 Å². The summed E-state index contributed by atoms with van der Waals surface area (Å²) in [6, 6.07) is 23.7. The Hall–Kier alpha value is -3.77. The molecule has 0 saturated heterocycles. The molecule has 3 heterocycles. The number of hydrogen-bond donors (Lipinski definition) is 0. The smallest absolute Gasteiger partial charge is 0.297 e. The summed E-state index contributed by atoms with van der Waals surface area (Å²) in [7, 11) is 0. The molecule has 5 nitrogen and oxygen atoms in total. The third kappa shape index (κ3) is 2.37. The van der Waals surface area contributed by atoms with Gasteiger partial charge in [0.2, 0.25) is 5.76 Å². The van der Waals surface area contributed by atoms with Crippen LogP contribution in [0.25, 0.3) is 21.2 Å². The molecule has 1 atom stereocenters. The van der Waals surface area contributed by atoms with Crippen molar-refractivity contribution in [2.24, 2.45) is 0 Å². The molecule has 0 spiro atoms. The topological polar surface area (TPSA) is 63.4 Å². The largest absolute Gasteiger partial charge is 0.450 e. The van der Waals surface area contributed by atoms with Crippen molar-refractivity contribution in [3.63, 3.8) is 0 Å². The number of carbonyl (C=O) groups excluding carboxylic acids is 1. The van der Waals surface area contributed by atoms with Crippen molar-refractivity contribution in [2.75, 3.05) is 4.90 Å². The van der Waals surface area contributed by atoms with Crippen LogP contribution in [0.1, 0.15) is 27.7 Å². The molecule has 0 bridgehead atoms. The van der Waals surface area contributed by atoms with E-state index < -0.39 is 6.04 Å². The second kappa shape index (κ2) is 6.37. The third-order valence-corrected chi connectivity index (χ3v) is 6.42. The summed E-state index contributed by atoms with van der Waals surface area (Å²) in [5.41, 5.74) is 2.25. The molecule has 2 aromatic heterocycles. The number of benzene rings is 3. The first kappa shape index (κ1) is 17.1. The van der Waals surface area contributed by atoms with E-state index in [0.29, 0.717) is 21.7 Å². The number of thiazole rings is 1. The highest BCUT2D eigenvalue weighted by atomic mass is 32.1.